The van der Waals surface area contributed by atoms with Crippen LogP contribution in [0.15, 0.2) is 0 Å². The molecule has 0 spiro atoms. The first-order valence-corrected chi connectivity index (χ1v) is 7.64. The number of carbonyl (C=O) groups excluding carboxylic acids is 1. The van der Waals surface area contributed by atoms with Gasteiger partial charge in [0.05, 0.1) is 5.54 Å². The van der Waals surface area contributed by atoms with Crippen LogP contribution in [0.2, 0.25) is 0 Å². The normalized spacial score (nSPS) is 27.2. The van der Waals surface area contributed by atoms with E-state index in [0.29, 0.717) is 6.04 Å². The highest BCUT2D eigenvalue weighted by molar-refractivity contribution is 5.84. The molecule has 1 aliphatic rings. The fourth-order valence-electron chi connectivity index (χ4n) is 2.95. The Bertz CT molecular complexity index is 287. The lowest BCUT2D eigenvalue weighted by Crippen LogP contribution is -2.54. The first-order valence-electron chi connectivity index (χ1n) is 7.64. The standard InChI is InChI=1S/C15H31N3O/c1-5-17-15(3,14(16)19)10-11-18(4)13-8-6-12(2)7-9-13/h12-13,17H,5-11H2,1-4H3,(H2,16,19). The minimum Gasteiger partial charge on any atom is -0.368 e. The Morgan fingerprint density at radius 3 is 2.42 bits per heavy atom. The summed E-state index contributed by atoms with van der Waals surface area (Å²) in [5, 5.41) is 3.22. The van der Waals surface area contributed by atoms with Crippen LogP contribution in [-0.4, -0.2) is 42.5 Å². The summed E-state index contributed by atoms with van der Waals surface area (Å²) in [4.78, 5) is 14.0. The van der Waals surface area contributed by atoms with Crippen molar-refractivity contribution in [1.29, 1.82) is 0 Å². The van der Waals surface area contributed by atoms with E-state index >= 15 is 0 Å². The van der Waals surface area contributed by atoms with E-state index in [0.717, 1.165) is 25.4 Å². The number of nitrogens with two attached hydrogens (primary N) is 1. The molecule has 0 aliphatic heterocycles. The minimum atomic E-state index is -0.578. The topological polar surface area (TPSA) is 58.4 Å². The second kappa shape index (κ2) is 7.25. The largest absolute Gasteiger partial charge is 0.368 e. The van der Waals surface area contributed by atoms with Crippen molar-refractivity contribution in [3.05, 3.63) is 0 Å². The van der Waals surface area contributed by atoms with Crippen LogP contribution in [0.5, 0.6) is 0 Å². The summed E-state index contributed by atoms with van der Waals surface area (Å²) in [6.07, 6.45) is 6.00. The summed E-state index contributed by atoms with van der Waals surface area (Å²) in [7, 11) is 2.17. The summed E-state index contributed by atoms with van der Waals surface area (Å²) in [5.74, 6) is 0.627. The maximum absolute atomic E-state index is 11.6. The summed E-state index contributed by atoms with van der Waals surface area (Å²) >= 11 is 0. The van der Waals surface area contributed by atoms with Gasteiger partial charge in [0.25, 0.3) is 0 Å². The van der Waals surface area contributed by atoms with Crippen molar-refractivity contribution in [3.8, 4) is 0 Å². The van der Waals surface area contributed by atoms with Crippen LogP contribution in [0.1, 0.15) is 52.9 Å². The van der Waals surface area contributed by atoms with Crippen molar-refractivity contribution in [2.24, 2.45) is 11.7 Å². The van der Waals surface area contributed by atoms with Crippen molar-refractivity contribution in [2.45, 2.75) is 64.5 Å². The maximum atomic E-state index is 11.6. The van der Waals surface area contributed by atoms with Gasteiger partial charge in [0.2, 0.25) is 5.91 Å². The number of amides is 1. The number of nitrogens with zero attached hydrogens (tertiary/aromatic N) is 1. The Hall–Kier alpha value is -0.610. The molecular weight excluding hydrogens is 238 g/mol. The predicted molar refractivity (Wildman–Crippen MR) is 79.9 cm³/mol. The van der Waals surface area contributed by atoms with Gasteiger partial charge in [0.1, 0.15) is 0 Å². The predicted octanol–water partition coefficient (Wildman–Crippen LogP) is 1.74. The zero-order valence-electron chi connectivity index (χ0n) is 13.0. The van der Waals surface area contributed by atoms with Gasteiger partial charge < -0.3 is 16.0 Å². The van der Waals surface area contributed by atoms with Gasteiger partial charge >= 0.3 is 0 Å². The summed E-state index contributed by atoms with van der Waals surface area (Å²) < 4.78 is 0. The Balaban J connectivity index is 2.43. The molecule has 3 N–H and O–H groups in total. The van der Waals surface area contributed by atoms with Crippen LogP contribution < -0.4 is 11.1 Å². The Kier molecular flexibility index (Phi) is 6.27. The molecule has 1 amide bonds. The van der Waals surface area contributed by atoms with Crippen LogP contribution >= 0.6 is 0 Å². The van der Waals surface area contributed by atoms with Crippen molar-refractivity contribution in [2.75, 3.05) is 20.1 Å². The Morgan fingerprint density at radius 1 is 1.37 bits per heavy atom. The molecule has 1 atom stereocenters. The van der Waals surface area contributed by atoms with Gasteiger partial charge in [-0.15, -0.1) is 0 Å². The van der Waals surface area contributed by atoms with E-state index in [2.05, 4.69) is 24.2 Å². The molecule has 1 fully saturated rings. The summed E-state index contributed by atoms with van der Waals surface area (Å²) in [6, 6.07) is 0.676. The molecule has 1 saturated carbocycles. The van der Waals surface area contributed by atoms with Gasteiger partial charge in [-0.3, -0.25) is 4.79 Å². The number of nitrogens with one attached hydrogen (secondary N) is 1. The van der Waals surface area contributed by atoms with Gasteiger partial charge in [-0.25, -0.2) is 0 Å². The third kappa shape index (κ3) is 4.77. The second-order valence-corrected chi connectivity index (χ2v) is 6.37. The van der Waals surface area contributed by atoms with E-state index in [-0.39, 0.29) is 5.91 Å². The molecule has 0 aromatic carbocycles. The molecular formula is C15H31N3O. The van der Waals surface area contributed by atoms with Crippen molar-refractivity contribution >= 4 is 5.91 Å². The Morgan fingerprint density at radius 2 is 1.95 bits per heavy atom. The smallest absolute Gasteiger partial charge is 0.237 e. The molecule has 0 aromatic rings. The highest BCUT2D eigenvalue weighted by Gasteiger charge is 2.31. The monoisotopic (exact) mass is 269 g/mol. The van der Waals surface area contributed by atoms with E-state index in [1.165, 1.54) is 25.7 Å². The van der Waals surface area contributed by atoms with Gasteiger partial charge in [-0.05, 0) is 58.5 Å². The van der Waals surface area contributed by atoms with E-state index in [1.54, 1.807) is 0 Å². The molecule has 1 unspecified atom stereocenters. The molecule has 4 heteroatoms. The lowest BCUT2D eigenvalue weighted by molar-refractivity contribution is -0.124. The number of likely N-dealkylation sites (N-methyl/N-ethyl adjacent to an activating group) is 1. The van der Waals surface area contributed by atoms with Crippen molar-refractivity contribution in [1.82, 2.24) is 10.2 Å². The number of hydrogen-bond acceptors (Lipinski definition) is 3. The SMILES string of the molecule is CCNC(C)(CCN(C)C1CCC(C)CC1)C(N)=O. The average molecular weight is 269 g/mol. The van der Waals surface area contributed by atoms with Gasteiger partial charge in [-0.2, -0.15) is 0 Å². The van der Waals surface area contributed by atoms with Crippen LogP contribution in [-0.2, 0) is 4.79 Å². The number of primary amides is 1. The van der Waals surface area contributed by atoms with E-state index in [9.17, 15) is 4.79 Å². The molecule has 112 valence electrons. The highest BCUT2D eigenvalue weighted by atomic mass is 16.1. The zero-order valence-corrected chi connectivity index (χ0v) is 13.0. The van der Waals surface area contributed by atoms with E-state index < -0.39 is 5.54 Å². The molecule has 0 heterocycles. The fourth-order valence-corrected chi connectivity index (χ4v) is 2.95. The van der Waals surface area contributed by atoms with Crippen LogP contribution in [0.25, 0.3) is 0 Å². The molecule has 1 rings (SSSR count). The molecule has 1 aliphatic carbocycles. The van der Waals surface area contributed by atoms with E-state index in [1.807, 2.05) is 13.8 Å². The zero-order chi connectivity index (χ0) is 14.5. The molecule has 0 bridgehead atoms. The molecule has 0 saturated heterocycles. The summed E-state index contributed by atoms with van der Waals surface area (Å²) in [6.45, 7) is 7.95. The average Bonchev–Trinajstić information content (AvgIpc) is 2.37. The van der Waals surface area contributed by atoms with Crippen molar-refractivity contribution in [3.63, 3.8) is 0 Å². The van der Waals surface area contributed by atoms with E-state index in [4.69, 9.17) is 5.73 Å². The first-order chi connectivity index (χ1) is 8.89. The molecule has 0 aromatic heterocycles. The quantitative estimate of drug-likeness (QED) is 0.740. The molecule has 4 nitrogen and oxygen atoms in total. The highest BCUT2D eigenvalue weighted by Crippen LogP contribution is 2.26. The number of rotatable bonds is 7. The van der Waals surface area contributed by atoms with Gasteiger partial charge in [-0.1, -0.05) is 13.8 Å². The third-order valence-electron chi connectivity index (χ3n) is 4.68. The van der Waals surface area contributed by atoms with Gasteiger partial charge in [0.15, 0.2) is 0 Å². The molecule has 0 radical (unpaired) electrons. The molecule has 19 heavy (non-hydrogen) atoms. The maximum Gasteiger partial charge on any atom is 0.237 e. The fraction of sp³-hybridized carbons (Fsp3) is 0.933. The van der Waals surface area contributed by atoms with Crippen LogP contribution in [0.4, 0.5) is 0 Å². The lowest BCUT2D eigenvalue weighted by Gasteiger charge is -2.36. The van der Waals surface area contributed by atoms with Gasteiger partial charge in [0, 0.05) is 12.6 Å². The number of carbonyl (C=O) groups is 1. The number of hydrogen-bond donors (Lipinski definition) is 2. The minimum absolute atomic E-state index is 0.250. The second-order valence-electron chi connectivity index (χ2n) is 6.37. The summed E-state index contributed by atoms with van der Waals surface area (Å²) in [5.41, 5.74) is 4.94. The third-order valence-corrected chi connectivity index (χ3v) is 4.68. The van der Waals surface area contributed by atoms with Crippen molar-refractivity contribution < 1.29 is 4.79 Å². The Labute approximate surface area is 118 Å². The van der Waals surface area contributed by atoms with Crippen LogP contribution in [0.3, 0.4) is 0 Å². The first kappa shape index (κ1) is 16.4. The lowest BCUT2D eigenvalue weighted by atomic mass is 9.86. The van der Waals surface area contributed by atoms with Crippen LogP contribution in [0, 0.1) is 5.92 Å².